The van der Waals surface area contributed by atoms with Crippen molar-refractivity contribution in [1.29, 1.82) is 0 Å². The Morgan fingerprint density at radius 3 is 2.82 bits per heavy atom. The summed E-state index contributed by atoms with van der Waals surface area (Å²) in [5, 5.41) is 3.16. The molecule has 1 heterocycles. The molecule has 2 aromatic carbocycles. The normalized spacial score (nSPS) is 16.5. The Bertz CT molecular complexity index is 792. The molecule has 1 aliphatic rings. The van der Waals surface area contributed by atoms with E-state index in [1.54, 1.807) is 7.11 Å². The summed E-state index contributed by atoms with van der Waals surface area (Å²) in [5.41, 5.74) is 10.2. The Labute approximate surface area is 183 Å². The van der Waals surface area contributed by atoms with Gasteiger partial charge in [0.25, 0.3) is 0 Å². The molecule has 152 valence electrons. The maximum absolute atomic E-state index is 6.12. The molecule has 3 rings (SSSR count). The molecular weight excluding hydrogens is 469 g/mol. The van der Waals surface area contributed by atoms with Crippen LogP contribution in [0.4, 0.5) is 5.69 Å². The van der Waals surface area contributed by atoms with Crippen LogP contribution in [0.2, 0.25) is 0 Å². The number of methoxy groups -OCH3 is 1. The number of nitrogens with one attached hydrogen (secondary N) is 1. The highest BCUT2D eigenvalue weighted by molar-refractivity contribution is 14.0. The fourth-order valence-electron chi connectivity index (χ4n) is 2.96. The van der Waals surface area contributed by atoms with Crippen molar-refractivity contribution >= 4 is 35.6 Å². The van der Waals surface area contributed by atoms with Gasteiger partial charge in [0.1, 0.15) is 11.9 Å². The first kappa shape index (κ1) is 22.4. The van der Waals surface area contributed by atoms with Crippen LogP contribution in [0.25, 0.3) is 0 Å². The molecule has 0 aromatic heterocycles. The molecule has 28 heavy (non-hydrogen) atoms. The van der Waals surface area contributed by atoms with Crippen molar-refractivity contribution in [3.05, 3.63) is 59.2 Å². The molecule has 1 aliphatic heterocycles. The van der Waals surface area contributed by atoms with Crippen LogP contribution in [0, 0.1) is 6.92 Å². The summed E-state index contributed by atoms with van der Waals surface area (Å²) >= 11 is 0. The molecule has 0 bridgehead atoms. The van der Waals surface area contributed by atoms with Crippen LogP contribution in [0.1, 0.15) is 23.1 Å². The average Bonchev–Trinajstić information content (AvgIpc) is 3.16. The predicted octanol–water partition coefficient (Wildman–Crippen LogP) is 3.85. The Kier molecular flexibility index (Phi) is 9.01. The Hall–Kier alpha value is -1.84. The average molecular weight is 497 g/mol. The first-order chi connectivity index (χ1) is 13.2. The second-order valence-corrected chi connectivity index (χ2v) is 6.63. The zero-order valence-corrected chi connectivity index (χ0v) is 18.6. The minimum absolute atomic E-state index is 0. The summed E-state index contributed by atoms with van der Waals surface area (Å²) in [7, 11) is 1.67. The Morgan fingerprint density at radius 1 is 1.25 bits per heavy atom. The van der Waals surface area contributed by atoms with Gasteiger partial charge in [0.2, 0.25) is 0 Å². The molecule has 2 aromatic rings. The third-order valence-corrected chi connectivity index (χ3v) is 4.40. The molecule has 6 nitrogen and oxygen atoms in total. The van der Waals surface area contributed by atoms with E-state index in [4.69, 9.17) is 19.9 Å². The second kappa shape index (κ2) is 11.2. The number of rotatable bonds is 7. The van der Waals surface area contributed by atoms with Crippen molar-refractivity contribution in [3.8, 4) is 5.75 Å². The summed E-state index contributed by atoms with van der Waals surface area (Å²) in [6.07, 6.45) is 1.02. The number of hydrogen-bond acceptors (Lipinski definition) is 4. The molecule has 0 saturated carbocycles. The van der Waals surface area contributed by atoms with E-state index in [9.17, 15) is 0 Å². The molecule has 3 N–H and O–H groups in total. The lowest BCUT2D eigenvalue weighted by molar-refractivity contribution is 0.140. The molecule has 0 amide bonds. The summed E-state index contributed by atoms with van der Waals surface area (Å²) in [5.74, 6) is 1.20. The first-order valence-corrected chi connectivity index (χ1v) is 9.13. The number of hydrogen-bond donors (Lipinski definition) is 2. The van der Waals surface area contributed by atoms with Gasteiger partial charge in [-0.05, 0) is 24.6 Å². The zero-order chi connectivity index (χ0) is 19.1. The fourth-order valence-corrected chi connectivity index (χ4v) is 2.96. The highest BCUT2D eigenvalue weighted by Gasteiger charge is 2.18. The van der Waals surface area contributed by atoms with E-state index >= 15 is 0 Å². The lowest BCUT2D eigenvalue weighted by Crippen LogP contribution is -2.23. The van der Waals surface area contributed by atoms with Crippen LogP contribution in [0.3, 0.4) is 0 Å². The van der Waals surface area contributed by atoms with E-state index in [1.807, 2.05) is 43.3 Å². The van der Waals surface area contributed by atoms with Gasteiger partial charge < -0.3 is 25.3 Å². The smallest absolute Gasteiger partial charge is 0.193 e. The molecule has 7 heteroatoms. The number of nitrogens with two attached hydrogens (primary N) is 1. The van der Waals surface area contributed by atoms with Gasteiger partial charge in [-0.15, -0.1) is 24.0 Å². The molecule has 0 aliphatic carbocycles. The van der Waals surface area contributed by atoms with Gasteiger partial charge in [-0.25, -0.2) is 4.99 Å². The SMILES string of the molecule is COCc1ccccc1NC(N)=NCc1ccc(C)cc1OC1CCOC1.I. The number of halogens is 1. The summed E-state index contributed by atoms with van der Waals surface area (Å²) in [6.45, 7) is 4.39. The van der Waals surface area contributed by atoms with Crippen LogP contribution in [0.15, 0.2) is 47.5 Å². The molecule has 1 unspecified atom stereocenters. The van der Waals surface area contributed by atoms with E-state index in [2.05, 4.69) is 16.4 Å². The lowest BCUT2D eigenvalue weighted by Gasteiger charge is -2.16. The van der Waals surface area contributed by atoms with Gasteiger partial charge in [-0.3, -0.25) is 0 Å². The van der Waals surface area contributed by atoms with Crippen molar-refractivity contribution in [2.45, 2.75) is 32.6 Å². The summed E-state index contributed by atoms with van der Waals surface area (Å²) in [4.78, 5) is 4.49. The van der Waals surface area contributed by atoms with E-state index in [0.29, 0.717) is 25.7 Å². The zero-order valence-electron chi connectivity index (χ0n) is 16.3. The van der Waals surface area contributed by atoms with Crippen LogP contribution in [-0.2, 0) is 22.6 Å². The van der Waals surface area contributed by atoms with Crippen molar-refractivity contribution in [2.75, 3.05) is 25.6 Å². The van der Waals surface area contributed by atoms with E-state index in [0.717, 1.165) is 41.2 Å². The van der Waals surface area contributed by atoms with Crippen LogP contribution >= 0.6 is 24.0 Å². The number of para-hydroxylation sites is 1. The van der Waals surface area contributed by atoms with E-state index in [1.165, 1.54) is 0 Å². The summed E-state index contributed by atoms with van der Waals surface area (Å²) in [6, 6.07) is 14.0. The maximum Gasteiger partial charge on any atom is 0.193 e. The number of aryl methyl sites for hydroxylation is 1. The molecular formula is C21H28IN3O3. The Morgan fingerprint density at radius 2 is 2.07 bits per heavy atom. The van der Waals surface area contributed by atoms with E-state index in [-0.39, 0.29) is 30.1 Å². The van der Waals surface area contributed by atoms with Gasteiger partial charge in [-0.2, -0.15) is 0 Å². The van der Waals surface area contributed by atoms with Crippen molar-refractivity contribution < 1.29 is 14.2 Å². The number of ether oxygens (including phenoxy) is 3. The third kappa shape index (κ3) is 6.35. The number of guanidine groups is 1. The molecule has 1 fully saturated rings. The first-order valence-electron chi connectivity index (χ1n) is 9.13. The van der Waals surface area contributed by atoms with Crippen molar-refractivity contribution in [1.82, 2.24) is 0 Å². The highest BCUT2D eigenvalue weighted by Crippen LogP contribution is 2.24. The minimum Gasteiger partial charge on any atom is -0.488 e. The van der Waals surface area contributed by atoms with Gasteiger partial charge >= 0.3 is 0 Å². The molecule has 0 radical (unpaired) electrons. The highest BCUT2D eigenvalue weighted by atomic mass is 127. The van der Waals surface area contributed by atoms with Crippen LogP contribution in [0.5, 0.6) is 5.75 Å². The van der Waals surface area contributed by atoms with E-state index < -0.39 is 0 Å². The Balaban J connectivity index is 0.00000280. The number of anilines is 1. The van der Waals surface area contributed by atoms with Crippen molar-refractivity contribution in [3.63, 3.8) is 0 Å². The molecule has 1 saturated heterocycles. The topological polar surface area (TPSA) is 78.1 Å². The third-order valence-electron chi connectivity index (χ3n) is 4.40. The van der Waals surface area contributed by atoms with Gasteiger partial charge in [-0.1, -0.05) is 30.3 Å². The minimum atomic E-state index is 0. The van der Waals surface area contributed by atoms with Gasteiger partial charge in [0.05, 0.1) is 26.4 Å². The number of aliphatic imine (C=N–C) groups is 1. The summed E-state index contributed by atoms with van der Waals surface area (Å²) < 4.78 is 16.7. The van der Waals surface area contributed by atoms with Crippen molar-refractivity contribution in [2.24, 2.45) is 10.7 Å². The monoisotopic (exact) mass is 497 g/mol. The van der Waals surface area contributed by atoms with Crippen LogP contribution in [-0.4, -0.2) is 32.4 Å². The quantitative estimate of drug-likeness (QED) is 0.345. The molecule has 1 atom stereocenters. The fraction of sp³-hybridized carbons (Fsp3) is 0.381. The second-order valence-electron chi connectivity index (χ2n) is 6.63. The number of nitrogens with zero attached hydrogens (tertiary/aromatic N) is 1. The predicted molar refractivity (Wildman–Crippen MR) is 123 cm³/mol. The van der Waals surface area contributed by atoms with Gasteiger partial charge in [0.15, 0.2) is 5.96 Å². The maximum atomic E-state index is 6.12. The van der Waals surface area contributed by atoms with Crippen LogP contribution < -0.4 is 15.8 Å². The van der Waals surface area contributed by atoms with Gasteiger partial charge in [0, 0.05) is 30.3 Å². The standard InChI is InChI=1S/C21H27N3O3.HI/c1-15-7-8-16(20(11-15)27-18-9-10-26-14-18)12-23-21(22)24-19-6-4-3-5-17(19)13-25-2;/h3-8,11,18H,9-10,12-14H2,1-2H3,(H3,22,23,24);1H. The number of benzene rings is 2. The largest absolute Gasteiger partial charge is 0.488 e. The lowest BCUT2D eigenvalue weighted by atomic mass is 10.1. The molecule has 0 spiro atoms.